The minimum Gasteiger partial charge on any atom is -0.740 e. The molecule has 0 radical (unpaired) electrons. The van der Waals surface area contributed by atoms with Crippen LogP contribution in [0.1, 0.15) is 0 Å². The summed E-state index contributed by atoms with van der Waals surface area (Å²) in [5.41, 5.74) is 2.36. The zero-order valence-electron chi connectivity index (χ0n) is 25.6. The van der Waals surface area contributed by atoms with Crippen molar-refractivity contribution in [3.63, 3.8) is 0 Å². The molecule has 258 valence electrons. The second-order valence-electron chi connectivity index (χ2n) is 11.0. The SMILES string of the molecule is O=S([O-])Oc1ccc2c3nc4nc(nc5c6ccccc6c(nc6nc(nc([nH]3)c2c1OS(=O)[O-])-c1ccccc1-6)n5OS(=O)[O-])-c1ccccc1-4. The van der Waals surface area contributed by atoms with Crippen LogP contribution in [0.2, 0.25) is 0 Å². The first kappa shape index (κ1) is 31.9. The van der Waals surface area contributed by atoms with Crippen LogP contribution in [0.25, 0.3) is 89.7 Å². The molecule has 2 aliphatic rings. The van der Waals surface area contributed by atoms with Crippen molar-refractivity contribution in [3.8, 4) is 57.1 Å². The van der Waals surface area contributed by atoms with Crippen molar-refractivity contribution in [2.24, 2.45) is 0 Å². The van der Waals surface area contributed by atoms with Gasteiger partial charge < -0.3 is 31.3 Å². The highest BCUT2D eigenvalue weighted by Gasteiger charge is 2.25. The number of benzene rings is 4. The van der Waals surface area contributed by atoms with Gasteiger partial charge in [-0.15, -0.1) is 4.73 Å². The van der Waals surface area contributed by atoms with Gasteiger partial charge in [0, 0.05) is 38.4 Å². The Labute approximate surface area is 297 Å². The summed E-state index contributed by atoms with van der Waals surface area (Å²) in [6.45, 7) is 0. The van der Waals surface area contributed by atoms with E-state index in [2.05, 4.69) is 4.98 Å². The fraction of sp³-hybridized carbons (Fsp3) is 0. The number of nitrogens with one attached hydrogen (secondary N) is 1. The van der Waals surface area contributed by atoms with E-state index in [4.69, 9.17) is 42.6 Å². The van der Waals surface area contributed by atoms with E-state index in [1.54, 1.807) is 72.8 Å². The number of H-pyrrole nitrogens is 1. The number of rotatable bonds is 6. The molecule has 2 aliphatic heterocycles. The molecule has 3 unspecified atom stereocenters. The second kappa shape index (κ2) is 12.3. The van der Waals surface area contributed by atoms with Crippen molar-refractivity contribution in [2.45, 2.75) is 0 Å². The third-order valence-corrected chi connectivity index (χ3v) is 9.08. The van der Waals surface area contributed by atoms with Crippen LogP contribution in [0.4, 0.5) is 0 Å². The molecule has 0 saturated carbocycles. The van der Waals surface area contributed by atoms with Gasteiger partial charge in [0.1, 0.15) is 34.0 Å². The number of nitrogens with zero attached hydrogens (tertiary/aromatic N) is 7. The van der Waals surface area contributed by atoms with Crippen LogP contribution in [0.15, 0.2) is 84.9 Å². The molecule has 3 atom stereocenters. The third-order valence-electron chi connectivity index (χ3n) is 8.19. The summed E-state index contributed by atoms with van der Waals surface area (Å²) < 4.78 is 87.4. The van der Waals surface area contributed by atoms with Gasteiger partial charge in [0.05, 0.1) is 5.39 Å². The fourth-order valence-corrected chi connectivity index (χ4v) is 7.02. The van der Waals surface area contributed by atoms with Gasteiger partial charge in [-0.3, -0.25) is 0 Å². The van der Waals surface area contributed by atoms with Crippen molar-refractivity contribution in [1.82, 2.24) is 39.6 Å². The number of fused-ring (bicyclic) bond motifs is 20. The maximum absolute atomic E-state index is 12.1. The van der Waals surface area contributed by atoms with Crippen molar-refractivity contribution in [3.05, 3.63) is 84.9 Å². The third kappa shape index (κ3) is 5.28. The molecule has 52 heavy (non-hydrogen) atoms. The van der Waals surface area contributed by atoms with Crippen molar-refractivity contribution < 1.29 is 38.9 Å². The molecule has 20 heteroatoms. The fourth-order valence-electron chi connectivity index (χ4n) is 6.18. The molecule has 0 spiro atoms. The minimum absolute atomic E-state index is 0.00280. The summed E-state index contributed by atoms with van der Waals surface area (Å²) in [5.74, 6) is -0.361. The first-order chi connectivity index (χ1) is 25.2. The van der Waals surface area contributed by atoms with E-state index in [0.29, 0.717) is 33.0 Å². The highest BCUT2D eigenvalue weighted by Crippen LogP contribution is 2.42. The Bertz CT molecular complexity index is 2920. The second-order valence-corrected chi connectivity index (χ2v) is 12.7. The summed E-state index contributed by atoms with van der Waals surface area (Å²) >= 11 is -9.34. The van der Waals surface area contributed by atoms with E-state index in [1.807, 2.05) is 0 Å². The summed E-state index contributed by atoms with van der Waals surface area (Å²) in [4.78, 5) is 31.7. The molecule has 1 N–H and O–H groups in total. The van der Waals surface area contributed by atoms with E-state index in [1.165, 1.54) is 12.1 Å². The van der Waals surface area contributed by atoms with Gasteiger partial charge in [-0.05, 0) is 12.1 Å². The summed E-state index contributed by atoms with van der Waals surface area (Å²) in [6, 6.07) is 23.7. The van der Waals surface area contributed by atoms with E-state index < -0.39 is 45.6 Å². The predicted octanol–water partition coefficient (Wildman–Crippen LogP) is 3.91. The first-order valence-corrected chi connectivity index (χ1v) is 17.9. The molecular formula is C32H15N8O9S3-3. The van der Waals surface area contributed by atoms with Crippen LogP contribution >= 0.6 is 0 Å². The topological polar surface area (TPSA) is 246 Å². The lowest BCUT2D eigenvalue weighted by atomic mass is 10.1. The molecule has 17 nitrogen and oxygen atoms in total. The lowest BCUT2D eigenvalue weighted by Crippen LogP contribution is -2.14. The number of hydrogen-bond donors (Lipinski definition) is 1. The molecule has 3 aromatic heterocycles. The van der Waals surface area contributed by atoms with Gasteiger partial charge >= 0.3 is 0 Å². The van der Waals surface area contributed by atoms with Gasteiger partial charge in [-0.2, -0.15) is 0 Å². The van der Waals surface area contributed by atoms with Crippen molar-refractivity contribution in [2.75, 3.05) is 0 Å². The standard InChI is InChI=1S/C32H18N8O9S3/c41-50(42)47-22-14-13-21-23(24(22)48-51(43)44)30-36-26-16-8-2-4-10-18(16)28(34-26)39-32-20-12-6-5-11-19(20)31(40(32)49-52(45)46)38-27-17-9-3-1-7-15(17)25(33-27)35-29(21)37-30/h1-14H,(H,41,42)(H,43,44)(H,45,46)(H,33,34,35,36,37,38,39)/p-3. The number of aromatic amines is 1. The summed E-state index contributed by atoms with van der Waals surface area (Å²) in [6.07, 6.45) is 0. The highest BCUT2D eigenvalue weighted by atomic mass is 32.2. The smallest absolute Gasteiger partial charge is 0.194 e. The zero-order valence-corrected chi connectivity index (χ0v) is 28.1. The normalized spacial score (nSPS) is 13.7. The Morgan fingerprint density at radius 3 is 1.50 bits per heavy atom. The van der Waals surface area contributed by atoms with Gasteiger partial charge in [-0.1, -0.05) is 72.8 Å². The number of hydrogen-bond acceptors (Lipinski definition) is 15. The predicted molar refractivity (Wildman–Crippen MR) is 184 cm³/mol. The Morgan fingerprint density at radius 2 is 1.00 bits per heavy atom. The van der Waals surface area contributed by atoms with E-state index in [9.17, 15) is 26.3 Å². The average molecular weight is 752 g/mol. The van der Waals surface area contributed by atoms with Gasteiger partial charge in [0.15, 0.2) is 57.5 Å². The van der Waals surface area contributed by atoms with Gasteiger partial charge in [0.2, 0.25) is 0 Å². The Morgan fingerprint density at radius 1 is 0.519 bits per heavy atom. The van der Waals surface area contributed by atoms with Crippen LogP contribution < -0.4 is 12.6 Å². The Hall–Kier alpha value is -6.03. The molecule has 8 bridgehead atoms. The first-order valence-electron chi connectivity index (χ1n) is 14.9. The molecule has 0 fully saturated rings. The molecule has 0 aliphatic carbocycles. The van der Waals surface area contributed by atoms with Crippen LogP contribution in [0.3, 0.4) is 0 Å². The zero-order chi connectivity index (χ0) is 35.7. The van der Waals surface area contributed by atoms with E-state index in [-0.39, 0.29) is 56.7 Å². The largest absolute Gasteiger partial charge is 0.740 e. The molecular weight excluding hydrogens is 737 g/mol. The number of aromatic nitrogens is 8. The van der Waals surface area contributed by atoms with Crippen molar-refractivity contribution in [1.29, 1.82) is 0 Å². The molecule has 5 heterocycles. The monoisotopic (exact) mass is 751 g/mol. The molecule has 0 saturated heterocycles. The minimum atomic E-state index is -3.18. The molecule has 0 amide bonds. The summed E-state index contributed by atoms with van der Waals surface area (Å²) in [7, 11) is 0. The van der Waals surface area contributed by atoms with E-state index in [0.717, 1.165) is 4.73 Å². The molecule has 9 rings (SSSR count). The van der Waals surface area contributed by atoms with Crippen LogP contribution in [0, 0.1) is 0 Å². The Kier molecular flexibility index (Phi) is 7.57. The lowest BCUT2D eigenvalue weighted by Gasteiger charge is -2.14. The maximum atomic E-state index is 12.1. The van der Waals surface area contributed by atoms with Crippen LogP contribution in [-0.4, -0.2) is 65.9 Å². The highest BCUT2D eigenvalue weighted by molar-refractivity contribution is 7.75. The lowest BCUT2D eigenvalue weighted by molar-refractivity contribution is 0.286. The van der Waals surface area contributed by atoms with E-state index >= 15 is 0 Å². The van der Waals surface area contributed by atoms with Crippen LogP contribution in [0.5, 0.6) is 11.5 Å². The summed E-state index contributed by atoms with van der Waals surface area (Å²) in [5, 5.41) is 1.24. The molecule has 7 aromatic rings. The maximum Gasteiger partial charge on any atom is 0.194 e. The average Bonchev–Trinajstić information content (AvgIpc) is 3.83. The Balaban J connectivity index is 1.52. The molecule has 4 aromatic carbocycles. The van der Waals surface area contributed by atoms with Crippen LogP contribution in [-0.2, 0) is 34.1 Å². The van der Waals surface area contributed by atoms with Gasteiger partial charge in [0.25, 0.3) is 0 Å². The van der Waals surface area contributed by atoms with Crippen molar-refractivity contribution >= 4 is 78.2 Å². The quantitative estimate of drug-likeness (QED) is 0.237. The van der Waals surface area contributed by atoms with Gasteiger partial charge in [-0.25, -0.2) is 42.5 Å².